The van der Waals surface area contributed by atoms with Crippen LogP contribution in [0.25, 0.3) is 0 Å². The van der Waals surface area contributed by atoms with Gasteiger partial charge in [-0.05, 0) is 36.8 Å². The third-order valence-electron chi connectivity index (χ3n) is 2.75. The Bertz CT molecular complexity index is 616. The molecule has 0 unspecified atom stereocenters. The molecule has 0 fully saturated rings. The maximum atomic E-state index is 12.0. The van der Waals surface area contributed by atoms with Crippen molar-refractivity contribution in [1.82, 2.24) is 5.48 Å². The minimum atomic E-state index is -0.365. The first kappa shape index (κ1) is 14.2. The van der Waals surface area contributed by atoms with E-state index in [0.717, 1.165) is 11.3 Å². The van der Waals surface area contributed by atoms with Gasteiger partial charge in [-0.15, -0.1) is 0 Å². The van der Waals surface area contributed by atoms with Gasteiger partial charge in [0.15, 0.2) is 5.75 Å². The molecule has 0 saturated carbocycles. The molecular formula is C15H15ClN2O2. The first-order valence-electron chi connectivity index (χ1n) is 6.09. The Balaban J connectivity index is 1.98. The van der Waals surface area contributed by atoms with Gasteiger partial charge in [-0.2, -0.15) is 5.48 Å². The molecular weight excluding hydrogens is 276 g/mol. The molecule has 2 amide bonds. The summed E-state index contributed by atoms with van der Waals surface area (Å²) < 4.78 is 0. The largest absolute Gasteiger partial charge is 0.378 e. The second kappa shape index (κ2) is 6.30. The number of hydrogen-bond donors (Lipinski definition) is 1. The maximum absolute atomic E-state index is 12.0. The fourth-order valence-electron chi connectivity index (χ4n) is 1.66. The number of carbonyl (C=O) groups is 1. The van der Waals surface area contributed by atoms with Crippen molar-refractivity contribution in [3.63, 3.8) is 0 Å². The van der Waals surface area contributed by atoms with E-state index in [0.29, 0.717) is 10.8 Å². The van der Waals surface area contributed by atoms with Gasteiger partial charge in [0.2, 0.25) is 0 Å². The van der Waals surface area contributed by atoms with Crippen molar-refractivity contribution in [1.29, 1.82) is 0 Å². The molecule has 0 bridgehead atoms. The van der Waals surface area contributed by atoms with Crippen LogP contribution >= 0.6 is 11.6 Å². The molecule has 1 N–H and O–H groups in total. The van der Waals surface area contributed by atoms with E-state index >= 15 is 0 Å². The van der Waals surface area contributed by atoms with Crippen molar-refractivity contribution in [3.8, 4) is 5.75 Å². The van der Waals surface area contributed by atoms with Crippen molar-refractivity contribution >= 4 is 23.3 Å². The summed E-state index contributed by atoms with van der Waals surface area (Å²) in [7, 11) is 1.67. The quantitative estimate of drug-likeness (QED) is 0.874. The summed E-state index contributed by atoms with van der Waals surface area (Å²) >= 11 is 5.83. The van der Waals surface area contributed by atoms with E-state index in [1.54, 1.807) is 31.3 Å². The zero-order chi connectivity index (χ0) is 14.5. The monoisotopic (exact) mass is 290 g/mol. The lowest BCUT2D eigenvalue weighted by Crippen LogP contribution is -2.39. The molecule has 2 aromatic carbocycles. The van der Waals surface area contributed by atoms with E-state index in [9.17, 15) is 4.79 Å². The number of anilines is 1. The van der Waals surface area contributed by atoms with Crippen molar-refractivity contribution in [3.05, 3.63) is 59.1 Å². The van der Waals surface area contributed by atoms with Gasteiger partial charge in [-0.25, -0.2) is 4.79 Å². The highest BCUT2D eigenvalue weighted by atomic mass is 35.5. The van der Waals surface area contributed by atoms with E-state index in [4.69, 9.17) is 16.4 Å². The third-order valence-corrected chi connectivity index (χ3v) is 2.98. The molecule has 2 aromatic rings. The molecule has 5 heteroatoms. The molecule has 0 aliphatic carbocycles. The molecule has 0 aliphatic heterocycles. The highest BCUT2D eigenvalue weighted by molar-refractivity contribution is 6.30. The molecule has 0 aliphatic rings. The second-order valence-electron chi connectivity index (χ2n) is 4.36. The van der Waals surface area contributed by atoms with Crippen LogP contribution in [0.2, 0.25) is 5.02 Å². The van der Waals surface area contributed by atoms with Gasteiger partial charge in [0, 0.05) is 23.8 Å². The molecule has 20 heavy (non-hydrogen) atoms. The second-order valence-corrected chi connectivity index (χ2v) is 4.80. The summed E-state index contributed by atoms with van der Waals surface area (Å²) in [6, 6.07) is 14.1. The number of nitrogens with zero attached hydrogens (tertiary/aromatic N) is 1. The fourth-order valence-corrected chi connectivity index (χ4v) is 1.84. The van der Waals surface area contributed by atoms with Gasteiger partial charge in [0.25, 0.3) is 0 Å². The lowest BCUT2D eigenvalue weighted by Gasteiger charge is -2.18. The summed E-state index contributed by atoms with van der Waals surface area (Å²) in [6.07, 6.45) is 0. The van der Waals surface area contributed by atoms with Gasteiger partial charge in [-0.3, -0.25) is 4.90 Å². The van der Waals surface area contributed by atoms with Crippen LogP contribution in [0.15, 0.2) is 48.5 Å². The van der Waals surface area contributed by atoms with Crippen molar-refractivity contribution < 1.29 is 9.63 Å². The van der Waals surface area contributed by atoms with E-state index in [1.165, 1.54) is 4.90 Å². The van der Waals surface area contributed by atoms with Gasteiger partial charge >= 0.3 is 6.03 Å². The zero-order valence-electron chi connectivity index (χ0n) is 11.3. The molecule has 0 aromatic heterocycles. The summed E-state index contributed by atoms with van der Waals surface area (Å²) in [6.45, 7) is 1.97. The van der Waals surface area contributed by atoms with Crippen LogP contribution in [0.5, 0.6) is 5.75 Å². The van der Waals surface area contributed by atoms with E-state index in [-0.39, 0.29) is 6.03 Å². The number of rotatable bonds is 3. The average Bonchev–Trinajstić information content (AvgIpc) is 2.44. The number of urea groups is 1. The number of benzene rings is 2. The number of aryl methyl sites for hydroxylation is 1. The molecule has 0 radical (unpaired) electrons. The highest BCUT2D eigenvalue weighted by Crippen LogP contribution is 2.17. The SMILES string of the molecule is Cc1cccc(N(C)C(=O)NOc2cccc(Cl)c2)c1. The first-order chi connectivity index (χ1) is 9.56. The molecule has 0 atom stereocenters. The van der Waals surface area contributed by atoms with E-state index in [2.05, 4.69) is 5.48 Å². The summed E-state index contributed by atoms with van der Waals surface area (Å²) in [5, 5.41) is 0.545. The van der Waals surface area contributed by atoms with Crippen molar-refractivity contribution in [2.24, 2.45) is 0 Å². The fraction of sp³-hybridized carbons (Fsp3) is 0.133. The van der Waals surface area contributed by atoms with Crippen LogP contribution in [0, 0.1) is 6.92 Å². The smallest absolute Gasteiger partial charge is 0.354 e. The minimum absolute atomic E-state index is 0.365. The summed E-state index contributed by atoms with van der Waals surface area (Å²) in [5.74, 6) is 0.475. The Morgan fingerprint density at radius 3 is 2.65 bits per heavy atom. The third kappa shape index (κ3) is 3.65. The lowest BCUT2D eigenvalue weighted by atomic mass is 10.2. The molecule has 0 heterocycles. The van der Waals surface area contributed by atoms with Gasteiger partial charge in [0.1, 0.15) is 0 Å². The molecule has 104 valence electrons. The Morgan fingerprint density at radius 1 is 1.20 bits per heavy atom. The first-order valence-corrected chi connectivity index (χ1v) is 6.47. The number of carbonyl (C=O) groups excluding carboxylic acids is 1. The molecule has 0 saturated heterocycles. The van der Waals surface area contributed by atoms with E-state index < -0.39 is 0 Å². The number of amides is 2. The molecule has 4 nitrogen and oxygen atoms in total. The van der Waals surface area contributed by atoms with Crippen LogP contribution < -0.4 is 15.2 Å². The predicted molar refractivity (Wildman–Crippen MR) is 80.2 cm³/mol. The zero-order valence-corrected chi connectivity index (χ0v) is 12.0. The summed E-state index contributed by atoms with van der Waals surface area (Å²) in [5.41, 5.74) is 4.24. The maximum Gasteiger partial charge on any atom is 0.354 e. The number of nitrogens with one attached hydrogen (secondary N) is 1. The number of halogens is 1. The Hall–Kier alpha value is -2.20. The number of hydrogen-bond acceptors (Lipinski definition) is 2. The Morgan fingerprint density at radius 2 is 1.95 bits per heavy atom. The predicted octanol–water partition coefficient (Wildman–Crippen LogP) is 3.79. The average molecular weight is 291 g/mol. The van der Waals surface area contributed by atoms with Gasteiger partial charge < -0.3 is 4.84 Å². The topological polar surface area (TPSA) is 41.6 Å². The minimum Gasteiger partial charge on any atom is -0.378 e. The summed E-state index contributed by atoms with van der Waals surface area (Å²) in [4.78, 5) is 18.6. The normalized spacial score (nSPS) is 9.95. The van der Waals surface area contributed by atoms with Gasteiger partial charge in [-0.1, -0.05) is 29.8 Å². The standard InChI is InChI=1S/C15H15ClN2O2/c1-11-5-3-7-13(9-11)18(2)15(19)17-20-14-8-4-6-12(16)10-14/h3-10H,1-2H3,(H,17,19). The van der Waals surface area contributed by atoms with Crippen LogP contribution in [-0.2, 0) is 0 Å². The van der Waals surface area contributed by atoms with Gasteiger partial charge in [0.05, 0.1) is 0 Å². The van der Waals surface area contributed by atoms with Crippen molar-refractivity contribution in [2.75, 3.05) is 11.9 Å². The van der Waals surface area contributed by atoms with Crippen molar-refractivity contribution in [2.45, 2.75) is 6.92 Å². The van der Waals surface area contributed by atoms with Crippen LogP contribution in [-0.4, -0.2) is 13.1 Å². The molecule has 2 rings (SSSR count). The van der Waals surface area contributed by atoms with Crippen LogP contribution in [0.3, 0.4) is 0 Å². The van der Waals surface area contributed by atoms with E-state index in [1.807, 2.05) is 31.2 Å². The molecule has 0 spiro atoms. The Kier molecular flexibility index (Phi) is 4.48. The number of hydroxylamine groups is 1. The Labute approximate surface area is 122 Å². The van der Waals surface area contributed by atoms with Crippen LogP contribution in [0.4, 0.5) is 10.5 Å². The highest BCUT2D eigenvalue weighted by Gasteiger charge is 2.11. The van der Waals surface area contributed by atoms with Crippen LogP contribution in [0.1, 0.15) is 5.56 Å². The lowest BCUT2D eigenvalue weighted by molar-refractivity contribution is 0.184.